The number of nitrogens with two attached hydrogens (primary N) is 1. The van der Waals surface area contributed by atoms with E-state index in [0.717, 1.165) is 17.9 Å². The van der Waals surface area contributed by atoms with Gasteiger partial charge in [-0.3, -0.25) is 0 Å². The van der Waals surface area contributed by atoms with Crippen LogP contribution in [-0.2, 0) is 13.0 Å². The predicted octanol–water partition coefficient (Wildman–Crippen LogP) is 2.77. The molecule has 7 heteroatoms. The van der Waals surface area contributed by atoms with Crippen LogP contribution in [0.3, 0.4) is 0 Å². The highest BCUT2D eigenvalue weighted by Crippen LogP contribution is 2.38. The lowest BCUT2D eigenvalue weighted by Gasteiger charge is -2.21. The second-order valence-electron chi connectivity index (χ2n) is 3.68. The van der Waals surface area contributed by atoms with Crippen molar-refractivity contribution in [1.29, 1.82) is 0 Å². The van der Waals surface area contributed by atoms with Crippen molar-refractivity contribution < 1.29 is 0 Å². The average Bonchev–Trinajstić information content (AvgIpc) is 2.62. The van der Waals surface area contributed by atoms with Crippen molar-refractivity contribution in [3.63, 3.8) is 0 Å². The maximum absolute atomic E-state index is 5.70. The number of likely N-dealkylation sites (N-methyl/N-ethyl adjacent to an activating group) is 1. The van der Waals surface area contributed by atoms with Crippen molar-refractivity contribution in [1.82, 2.24) is 9.88 Å². The summed E-state index contributed by atoms with van der Waals surface area (Å²) in [5.41, 5.74) is 7.17. The molecule has 3 heterocycles. The molecule has 0 saturated heterocycles. The van der Waals surface area contributed by atoms with Gasteiger partial charge in [-0.1, -0.05) is 11.3 Å². The number of thiophene rings is 1. The normalized spacial score (nSPS) is 15.3. The summed E-state index contributed by atoms with van der Waals surface area (Å²) in [5.74, 6) is 0. The number of fused-ring (bicyclic) bond motifs is 3. The molecular formula is C9H13Cl2N3S2. The fourth-order valence-electron chi connectivity index (χ4n) is 1.89. The summed E-state index contributed by atoms with van der Waals surface area (Å²) >= 11 is 3.44. The minimum atomic E-state index is 0. The lowest BCUT2D eigenvalue weighted by Crippen LogP contribution is -2.25. The van der Waals surface area contributed by atoms with Gasteiger partial charge in [0.15, 0.2) is 5.13 Å². The summed E-state index contributed by atoms with van der Waals surface area (Å²) in [4.78, 5) is 9.33. The quantitative estimate of drug-likeness (QED) is 0.813. The third-order valence-corrected chi connectivity index (χ3v) is 4.85. The van der Waals surface area contributed by atoms with E-state index < -0.39 is 0 Å². The van der Waals surface area contributed by atoms with Gasteiger partial charge in [0.05, 0.1) is 4.70 Å². The third kappa shape index (κ3) is 2.15. The van der Waals surface area contributed by atoms with E-state index in [1.54, 1.807) is 11.3 Å². The van der Waals surface area contributed by atoms with Gasteiger partial charge in [0.2, 0.25) is 0 Å². The summed E-state index contributed by atoms with van der Waals surface area (Å²) in [5, 5.41) is 0.697. The fraction of sp³-hybridized carbons (Fsp3) is 0.444. The molecule has 16 heavy (non-hydrogen) atoms. The summed E-state index contributed by atoms with van der Waals surface area (Å²) in [7, 11) is 2.16. The Morgan fingerprint density at radius 2 is 2.06 bits per heavy atom. The number of nitrogen functional groups attached to an aromatic ring is 1. The Bertz CT molecular complexity index is 494. The van der Waals surface area contributed by atoms with Crippen molar-refractivity contribution >= 4 is 62.1 Å². The molecule has 0 unspecified atom stereocenters. The van der Waals surface area contributed by atoms with Crippen LogP contribution in [0.15, 0.2) is 0 Å². The standard InChI is InChI=1S/C9H11N3S2.2ClH/c1-12-3-2-6-5(4-12)7-8(13-6)11-9(10)14-7;;/h2-4H2,1H3,(H2,10,11);2*1H. The van der Waals surface area contributed by atoms with Crippen LogP contribution in [0, 0.1) is 0 Å². The molecule has 0 aliphatic carbocycles. The van der Waals surface area contributed by atoms with Gasteiger partial charge < -0.3 is 10.6 Å². The Hall–Kier alpha value is -0.0700. The van der Waals surface area contributed by atoms with Gasteiger partial charge in [0, 0.05) is 18.0 Å². The molecule has 0 amide bonds. The van der Waals surface area contributed by atoms with Gasteiger partial charge >= 0.3 is 0 Å². The smallest absolute Gasteiger partial charge is 0.181 e. The summed E-state index contributed by atoms with van der Waals surface area (Å²) in [6, 6.07) is 0. The van der Waals surface area contributed by atoms with Crippen LogP contribution in [0.1, 0.15) is 10.4 Å². The van der Waals surface area contributed by atoms with Crippen LogP contribution in [-0.4, -0.2) is 23.5 Å². The molecule has 2 N–H and O–H groups in total. The van der Waals surface area contributed by atoms with E-state index in [0.29, 0.717) is 5.13 Å². The predicted molar refractivity (Wildman–Crippen MR) is 76.4 cm³/mol. The molecule has 3 nitrogen and oxygen atoms in total. The van der Waals surface area contributed by atoms with Crippen LogP contribution in [0.4, 0.5) is 5.13 Å². The Balaban J connectivity index is 0.000000640. The number of nitrogens with zero attached hydrogens (tertiary/aromatic N) is 2. The first-order valence-corrected chi connectivity index (χ1v) is 6.22. The maximum atomic E-state index is 5.70. The molecule has 0 saturated carbocycles. The number of anilines is 1. The molecule has 0 radical (unpaired) electrons. The highest BCUT2D eigenvalue weighted by atomic mass is 35.5. The van der Waals surface area contributed by atoms with Crippen LogP contribution in [0.25, 0.3) is 9.53 Å². The first-order chi connectivity index (χ1) is 6.74. The molecule has 0 aromatic carbocycles. The van der Waals surface area contributed by atoms with E-state index in [1.807, 2.05) is 11.3 Å². The minimum Gasteiger partial charge on any atom is -0.375 e. The van der Waals surface area contributed by atoms with E-state index in [2.05, 4.69) is 16.9 Å². The van der Waals surface area contributed by atoms with E-state index in [4.69, 9.17) is 5.73 Å². The van der Waals surface area contributed by atoms with Crippen molar-refractivity contribution in [3.05, 3.63) is 10.4 Å². The Morgan fingerprint density at radius 1 is 1.31 bits per heavy atom. The molecule has 2 aromatic rings. The number of halogens is 2. The zero-order chi connectivity index (χ0) is 9.71. The molecule has 0 bridgehead atoms. The summed E-state index contributed by atoms with van der Waals surface area (Å²) in [6.45, 7) is 2.22. The van der Waals surface area contributed by atoms with E-state index in [1.165, 1.54) is 21.6 Å². The van der Waals surface area contributed by atoms with Crippen LogP contribution < -0.4 is 5.73 Å². The van der Waals surface area contributed by atoms with E-state index >= 15 is 0 Å². The molecule has 2 aromatic heterocycles. The van der Waals surface area contributed by atoms with Crippen molar-refractivity contribution in [2.24, 2.45) is 0 Å². The summed E-state index contributed by atoms with van der Waals surface area (Å²) in [6.07, 6.45) is 1.17. The molecule has 0 atom stereocenters. The summed E-state index contributed by atoms with van der Waals surface area (Å²) < 4.78 is 1.31. The van der Waals surface area contributed by atoms with Gasteiger partial charge in [0.1, 0.15) is 4.83 Å². The van der Waals surface area contributed by atoms with Gasteiger partial charge in [-0.2, -0.15) is 0 Å². The molecule has 1 aliphatic rings. The molecular weight excluding hydrogens is 285 g/mol. The van der Waals surface area contributed by atoms with Gasteiger partial charge in [-0.15, -0.1) is 36.2 Å². The molecule has 3 rings (SSSR count). The lowest BCUT2D eigenvalue weighted by atomic mass is 10.1. The van der Waals surface area contributed by atoms with Crippen molar-refractivity contribution in [2.45, 2.75) is 13.0 Å². The highest BCUT2D eigenvalue weighted by Gasteiger charge is 2.20. The second-order valence-corrected chi connectivity index (χ2v) is 5.79. The second kappa shape index (κ2) is 5.06. The fourth-order valence-corrected chi connectivity index (χ4v) is 4.13. The zero-order valence-corrected chi connectivity index (χ0v) is 12.0. The number of aromatic nitrogens is 1. The van der Waals surface area contributed by atoms with Crippen LogP contribution in [0.5, 0.6) is 0 Å². The molecule has 0 spiro atoms. The van der Waals surface area contributed by atoms with Gasteiger partial charge in [0.25, 0.3) is 0 Å². The highest BCUT2D eigenvalue weighted by molar-refractivity contribution is 7.29. The minimum absolute atomic E-state index is 0. The average molecular weight is 298 g/mol. The van der Waals surface area contributed by atoms with Crippen LogP contribution in [0.2, 0.25) is 0 Å². The number of hydrogen-bond donors (Lipinski definition) is 1. The van der Waals surface area contributed by atoms with E-state index in [-0.39, 0.29) is 24.8 Å². The topological polar surface area (TPSA) is 42.2 Å². The lowest BCUT2D eigenvalue weighted by molar-refractivity contribution is 0.317. The van der Waals surface area contributed by atoms with Crippen molar-refractivity contribution in [2.75, 3.05) is 19.3 Å². The maximum Gasteiger partial charge on any atom is 0.181 e. The zero-order valence-electron chi connectivity index (χ0n) is 8.73. The van der Waals surface area contributed by atoms with Gasteiger partial charge in [-0.25, -0.2) is 4.98 Å². The SMILES string of the molecule is CN1CCc2sc3nc(N)sc3c2C1.Cl.Cl. The largest absolute Gasteiger partial charge is 0.375 e. The van der Waals surface area contributed by atoms with Crippen molar-refractivity contribution in [3.8, 4) is 0 Å². The first kappa shape index (κ1) is 14.0. The first-order valence-electron chi connectivity index (χ1n) is 4.59. The number of hydrogen-bond acceptors (Lipinski definition) is 5. The van der Waals surface area contributed by atoms with Gasteiger partial charge in [-0.05, 0) is 19.0 Å². The monoisotopic (exact) mass is 297 g/mol. The Morgan fingerprint density at radius 3 is 2.81 bits per heavy atom. The van der Waals surface area contributed by atoms with E-state index in [9.17, 15) is 0 Å². The Kier molecular flexibility index (Phi) is 4.42. The number of thiazole rings is 1. The molecule has 0 fully saturated rings. The third-order valence-electron chi connectivity index (χ3n) is 2.59. The number of rotatable bonds is 0. The Labute approximate surface area is 114 Å². The molecule has 90 valence electrons. The van der Waals surface area contributed by atoms with Crippen LogP contribution >= 0.6 is 47.5 Å². The molecule has 1 aliphatic heterocycles.